The van der Waals surface area contributed by atoms with Crippen molar-refractivity contribution < 1.29 is 17.6 Å². The van der Waals surface area contributed by atoms with Crippen molar-refractivity contribution in [2.45, 2.75) is 26.1 Å². The summed E-state index contributed by atoms with van der Waals surface area (Å²) in [5.74, 6) is -0.329. The van der Waals surface area contributed by atoms with E-state index >= 15 is 0 Å². The molecule has 0 saturated heterocycles. The Labute approximate surface area is 120 Å². The topological polar surface area (TPSA) is 12.0 Å². The fraction of sp³-hybridized carbons (Fsp3) is 0.250. The van der Waals surface area contributed by atoms with Crippen molar-refractivity contribution in [1.82, 2.24) is 0 Å². The molecule has 1 unspecified atom stereocenters. The first-order valence-electron chi connectivity index (χ1n) is 6.47. The lowest BCUT2D eigenvalue weighted by molar-refractivity contribution is -0.137. The van der Waals surface area contributed by atoms with Crippen LogP contribution in [0.15, 0.2) is 42.5 Å². The molecular weight excluding hydrogens is 282 g/mol. The largest absolute Gasteiger partial charge is 0.416 e. The van der Waals surface area contributed by atoms with Gasteiger partial charge in [-0.25, -0.2) is 4.39 Å². The minimum atomic E-state index is -4.38. The highest BCUT2D eigenvalue weighted by Gasteiger charge is 2.30. The zero-order valence-electron chi connectivity index (χ0n) is 11.6. The zero-order valence-corrected chi connectivity index (χ0v) is 11.6. The maximum absolute atomic E-state index is 13.5. The number of rotatable bonds is 3. The third-order valence-corrected chi connectivity index (χ3v) is 3.27. The normalized spacial score (nSPS) is 13.0. The molecule has 5 heteroatoms. The Bertz CT molecular complexity index is 634. The van der Waals surface area contributed by atoms with Gasteiger partial charge in [-0.3, -0.25) is 0 Å². The van der Waals surface area contributed by atoms with E-state index in [-0.39, 0.29) is 11.9 Å². The molecule has 0 heterocycles. The van der Waals surface area contributed by atoms with Gasteiger partial charge in [0.25, 0.3) is 0 Å². The predicted octanol–water partition coefficient (Wildman–Crippen LogP) is 5.33. The van der Waals surface area contributed by atoms with Crippen molar-refractivity contribution in [1.29, 1.82) is 0 Å². The highest BCUT2D eigenvalue weighted by Crippen LogP contribution is 2.31. The van der Waals surface area contributed by atoms with Gasteiger partial charge in [0.2, 0.25) is 0 Å². The second-order valence-corrected chi connectivity index (χ2v) is 4.95. The van der Waals surface area contributed by atoms with Gasteiger partial charge in [-0.1, -0.05) is 18.2 Å². The van der Waals surface area contributed by atoms with Gasteiger partial charge in [0.05, 0.1) is 5.56 Å². The summed E-state index contributed by atoms with van der Waals surface area (Å²) in [5, 5.41) is 2.95. The quantitative estimate of drug-likeness (QED) is 0.755. The molecule has 2 aromatic rings. The van der Waals surface area contributed by atoms with E-state index in [1.54, 1.807) is 32.0 Å². The molecule has 0 amide bonds. The molecule has 2 rings (SSSR count). The molecule has 0 fully saturated rings. The highest BCUT2D eigenvalue weighted by atomic mass is 19.4. The van der Waals surface area contributed by atoms with Crippen LogP contribution in [0.2, 0.25) is 0 Å². The number of aryl methyl sites for hydroxylation is 1. The standard InChI is InChI=1S/C16H15F4N/c1-10-6-7-12(8-15(10)17)11(2)21-14-5-3-4-13(9-14)16(18,19)20/h3-9,11,21H,1-2H3. The average molecular weight is 297 g/mol. The monoisotopic (exact) mass is 297 g/mol. The van der Waals surface area contributed by atoms with Crippen LogP contribution in [0.5, 0.6) is 0 Å². The lowest BCUT2D eigenvalue weighted by atomic mass is 10.1. The van der Waals surface area contributed by atoms with E-state index < -0.39 is 11.7 Å². The molecule has 21 heavy (non-hydrogen) atoms. The van der Waals surface area contributed by atoms with Crippen molar-refractivity contribution in [3.8, 4) is 0 Å². The molecule has 0 bridgehead atoms. The summed E-state index contributed by atoms with van der Waals surface area (Å²) in [7, 11) is 0. The second kappa shape index (κ2) is 5.76. The van der Waals surface area contributed by atoms with Crippen molar-refractivity contribution in [3.63, 3.8) is 0 Å². The lowest BCUT2D eigenvalue weighted by Crippen LogP contribution is -2.09. The third kappa shape index (κ3) is 3.74. The molecule has 1 atom stereocenters. The van der Waals surface area contributed by atoms with Gasteiger partial charge < -0.3 is 5.32 Å². The number of halogens is 4. The van der Waals surface area contributed by atoms with Gasteiger partial charge in [0.15, 0.2) is 0 Å². The Balaban J connectivity index is 2.19. The minimum absolute atomic E-state index is 0.302. The molecule has 0 aliphatic rings. The fourth-order valence-electron chi connectivity index (χ4n) is 2.00. The molecule has 0 spiro atoms. The van der Waals surface area contributed by atoms with Crippen molar-refractivity contribution in [3.05, 3.63) is 65.0 Å². The predicted molar refractivity (Wildman–Crippen MR) is 74.6 cm³/mol. The number of hydrogen-bond donors (Lipinski definition) is 1. The van der Waals surface area contributed by atoms with Crippen LogP contribution in [0.4, 0.5) is 23.2 Å². The summed E-state index contributed by atoms with van der Waals surface area (Å²) in [5.41, 5.74) is 0.841. The summed E-state index contributed by atoms with van der Waals surface area (Å²) in [4.78, 5) is 0. The van der Waals surface area contributed by atoms with E-state index in [0.29, 0.717) is 16.8 Å². The number of anilines is 1. The summed E-state index contributed by atoms with van der Waals surface area (Å²) >= 11 is 0. The summed E-state index contributed by atoms with van der Waals surface area (Å²) < 4.78 is 51.5. The summed E-state index contributed by atoms with van der Waals surface area (Å²) in [6.07, 6.45) is -4.38. The van der Waals surface area contributed by atoms with Crippen molar-refractivity contribution in [2.75, 3.05) is 5.32 Å². The molecule has 0 saturated carbocycles. The number of hydrogen-bond acceptors (Lipinski definition) is 1. The van der Waals surface area contributed by atoms with Gasteiger partial charge in [0.1, 0.15) is 5.82 Å². The van der Waals surface area contributed by atoms with Gasteiger partial charge in [-0.05, 0) is 49.2 Å². The molecule has 1 N–H and O–H groups in total. The Morgan fingerprint density at radius 3 is 2.38 bits per heavy atom. The smallest absolute Gasteiger partial charge is 0.379 e. The Hall–Kier alpha value is -2.04. The first-order chi connectivity index (χ1) is 9.77. The highest BCUT2D eigenvalue weighted by molar-refractivity contribution is 5.48. The van der Waals surface area contributed by atoms with Crippen LogP contribution in [0.25, 0.3) is 0 Å². The number of benzene rings is 2. The van der Waals surface area contributed by atoms with Crippen molar-refractivity contribution in [2.24, 2.45) is 0 Å². The maximum atomic E-state index is 13.5. The van der Waals surface area contributed by atoms with Gasteiger partial charge in [0, 0.05) is 11.7 Å². The molecule has 0 aliphatic carbocycles. The van der Waals surface area contributed by atoms with E-state index in [1.165, 1.54) is 12.1 Å². The summed E-state index contributed by atoms with van der Waals surface area (Å²) in [6, 6.07) is 9.44. The Kier molecular flexibility index (Phi) is 4.21. The maximum Gasteiger partial charge on any atom is 0.416 e. The molecule has 0 aromatic heterocycles. The van der Waals surface area contributed by atoms with Crippen LogP contribution < -0.4 is 5.32 Å². The number of alkyl halides is 3. The Morgan fingerprint density at radius 2 is 1.76 bits per heavy atom. The zero-order chi connectivity index (χ0) is 15.6. The van der Waals surface area contributed by atoms with Crippen LogP contribution in [0.3, 0.4) is 0 Å². The van der Waals surface area contributed by atoms with Crippen LogP contribution in [-0.4, -0.2) is 0 Å². The molecule has 2 aromatic carbocycles. The molecule has 0 radical (unpaired) electrons. The van der Waals surface area contributed by atoms with Crippen LogP contribution in [-0.2, 0) is 6.18 Å². The molecule has 0 aliphatic heterocycles. The van der Waals surface area contributed by atoms with E-state index in [9.17, 15) is 17.6 Å². The van der Waals surface area contributed by atoms with E-state index in [0.717, 1.165) is 12.1 Å². The van der Waals surface area contributed by atoms with E-state index in [1.807, 2.05) is 0 Å². The van der Waals surface area contributed by atoms with E-state index in [2.05, 4.69) is 5.32 Å². The second-order valence-electron chi connectivity index (χ2n) is 4.95. The SMILES string of the molecule is Cc1ccc(C(C)Nc2cccc(C(F)(F)F)c2)cc1F. The first kappa shape index (κ1) is 15.4. The first-order valence-corrected chi connectivity index (χ1v) is 6.47. The van der Waals surface area contributed by atoms with Crippen LogP contribution in [0, 0.1) is 12.7 Å². The summed E-state index contributed by atoms with van der Waals surface area (Å²) in [6.45, 7) is 3.42. The van der Waals surface area contributed by atoms with Crippen LogP contribution >= 0.6 is 0 Å². The van der Waals surface area contributed by atoms with Gasteiger partial charge >= 0.3 is 6.18 Å². The fourth-order valence-corrected chi connectivity index (χ4v) is 2.00. The lowest BCUT2D eigenvalue weighted by Gasteiger charge is -2.17. The van der Waals surface area contributed by atoms with Gasteiger partial charge in [-0.15, -0.1) is 0 Å². The molecule has 112 valence electrons. The van der Waals surface area contributed by atoms with Gasteiger partial charge in [-0.2, -0.15) is 13.2 Å². The average Bonchev–Trinajstić information content (AvgIpc) is 2.41. The Morgan fingerprint density at radius 1 is 1.05 bits per heavy atom. The van der Waals surface area contributed by atoms with Crippen LogP contribution in [0.1, 0.15) is 29.7 Å². The molecule has 1 nitrogen and oxygen atoms in total. The van der Waals surface area contributed by atoms with Crippen molar-refractivity contribution >= 4 is 5.69 Å². The third-order valence-electron chi connectivity index (χ3n) is 3.27. The number of nitrogens with one attached hydrogen (secondary N) is 1. The minimum Gasteiger partial charge on any atom is -0.379 e. The van der Waals surface area contributed by atoms with E-state index in [4.69, 9.17) is 0 Å². The molecular formula is C16H15F4N.